The Morgan fingerprint density at radius 3 is 2.38 bits per heavy atom. The number of hydrogen-bond acceptors (Lipinski definition) is 1. The average molecular weight is 377 g/mol. The van der Waals surface area contributed by atoms with Crippen molar-refractivity contribution >= 4 is 8.32 Å². The van der Waals surface area contributed by atoms with Crippen molar-refractivity contribution in [1.82, 2.24) is 0 Å². The summed E-state index contributed by atoms with van der Waals surface area (Å²) in [5.74, 6) is 4.78. The summed E-state index contributed by atoms with van der Waals surface area (Å²) in [5.41, 5.74) is 1.07. The summed E-state index contributed by atoms with van der Waals surface area (Å²) in [4.78, 5) is 0. The lowest BCUT2D eigenvalue weighted by Crippen LogP contribution is -2.59. The zero-order valence-corrected chi connectivity index (χ0v) is 19.4. The summed E-state index contributed by atoms with van der Waals surface area (Å²) in [6, 6.07) is 0. The minimum absolute atomic E-state index is 0.452. The van der Waals surface area contributed by atoms with Gasteiger partial charge in [0.2, 0.25) is 0 Å². The summed E-state index contributed by atoms with van der Waals surface area (Å²) in [5, 5.41) is 0. The van der Waals surface area contributed by atoms with Crippen LogP contribution >= 0.6 is 0 Å². The molecule has 1 nitrogen and oxygen atoms in total. The van der Waals surface area contributed by atoms with E-state index >= 15 is 0 Å². The molecule has 8 unspecified atom stereocenters. The highest BCUT2D eigenvalue weighted by Gasteiger charge is 2.63. The summed E-state index contributed by atoms with van der Waals surface area (Å²) in [6.07, 6.45) is 15.3. The van der Waals surface area contributed by atoms with Crippen LogP contribution in [0.3, 0.4) is 0 Å². The quantitative estimate of drug-likeness (QED) is 0.470. The second-order valence-electron chi connectivity index (χ2n) is 11.9. The van der Waals surface area contributed by atoms with Crippen molar-refractivity contribution in [1.29, 1.82) is 0 Å². The van der Waals surface area contributed by atoms with Gasteiger partial charge in [-0.15, -0.1) is 0 Å². The Morgan fingerprint density at radius 2 is 1.69 bits per heavy atom. The van der Waals surface area contributed by atoms with E-state index in [1.165, 1.54) is 64.2 Å². The highest BCUT2D eigenvalue weighted by atomic mass is 28.4. The van der Waals surface area contributed by atoms with Crippen molar-refractivity contribution in [3.63, 3.8) is 0 Å². The molecule has 0 spiro atoms. The number of fused-ring (bicyclic) bond motifs is 5. The van der Waals surface area contributed by atoms with E-state index < -0.39 is 8.32 Å². The van der Waals surface area contributed by atoms with Crippen LogP contribution < -0.4 is 0 Å². The van der Waals surface area contributed by atoms with Gasteiger partial charge in [-0.25, -0.2) is 0 Å². The smallest absolute Gasteiger partial charge is 0.184 e. The van der Waals surface area contributed by atoms with E-state index in [2.05, 4.69) is 40.4 Å². The fourth-order valence-corrected chi connectivity index (χ4v) is 9.82. The molecule has 0 aromatic carbocycles. The van der Waals surface area contributed by atoms with E-state index in [1.54, 1.807) is 0 Å². The molecule has 4 rings (SSSR count). The van der Waals surface area contributed by atoms with E-state index in [-0.39, 0.29) is 0 Å². The molecule has 0 aromatic heterocycles. The molecule has 0 aliphatic heterocycles. The summed E-state index contributed by atoms with van der Waals surface area (Å²) in [6.45, 7) is 15.1. The minimum Gasteiger partial charge on any atom is -0.414 e. The molecule has 0 radical (unpaired) electrons. The SMILES string of the molecule is CCC1CCC2C3CCC4CCCCC4(C)C3CC(O[Si](C)(C)C)C12C. The largest absolute Gasteiger partial charge is 0.414 e. The molecular weight excluding hydrogens is 332 g/mol. The van der Waals surface area contributed by atoms with E-state index in [0.717, 1.165) is 29.6 Å². The molecule has 2 heteroatoms. The molecular formula is C24H44OSi. The van der Waals surface area contributed by atoms with Crippen molar-refractivity contribution in [2.75, 3.05) is 0 Å². The maximum Gasteiger partial charge on any atom is 0.184 e. The van der Waals surface area contributed by atoms with Crippen molar-refractivity contribution in [3.8, 4) is 0 Å². The molecule has 150 valence electrons. The van der Waals surface area contributed by atoms with Gasteiger partial charge in [0.25, 0.3) is 0 Å². The van der Waals surface area contributed by atoms with Crippen LogP contribution in [0.25, 0.3) is 0 Å². The molecule has 0 heterocycles. The number of hydrogen-bond donors (Lipinski definition) is 0. The van der Waals surface area contributed by atoms with Crippen molar-refractivity contribution < 1.29 is 4.43 Å². The van der Waals surface area contributed by atoms with Gasteiger partial charge in [0, 0.05) is 0 Å². The molecule has 4 saturated carbocycles. The zero-order chi connectivity index (χ0) is 18.7. The second-order valence-corrected chi connectivity index (χ2v) is 16.4. The van der Waals surface area contributed by atoms with Gasteiger partial charge < -0.3 is 4.43 Å². The van der Waals surface area contributed by atoms with E-state index in [9.17, 15) is 0 Å². The van der Waals surface area contributed by atoms with Gasteiger partial charge in [-0.2, -0.15) is 0 Å². The van der Waals surface area contributed by atoms with E-state index in [0.29, 0.717) is 16.9 Å². The maximum absolute atomic E-state index is 7.04. The Balaban J connectivity index is 1.70. The first kappa shape index (κ1) is 19.5. The Bertz CT molecular complexity index is 525. The van der Waals surface area contributed by atoms with Gasteiger partial charge in [0.1, 0.15) is 0 Å². The van der Waals surface area contributed by atoms with Gasteiger partial charge >= 0.3 is 0 Å². The van der Waals surface area contributed by atoms with Crippen molar-refractivity contribution in [3.05, 3.63) is 0 Å². The summed E-state index contributed by atoms with van der Waals surface area (Å²) < 4.78 is 7.04. The zero-order valence-electron chi connectivity index (χ0n) is 18.4. The molecule has 0 aromatic rings. The van der Waals surface area contributed by atoms with Crippen LogP contribution in [0.15, 0.2) is 0 Å². The molecule has 0 bridgehead atoms. The highest BCUT2D eigenvalue weighted by Crippen LogP contribution is 2.68. The standard InChI is InChI=1S/C24H44OSi/c1-7-17-12-14-20-19-13-11-18-10-8-9-15-23(18,2)21(19)16-22(24(17,20)3)25-26(4,5)6/h17-22H,7-16H2,1-6H3. The molecule has 0 N–H and O–H groups in total. The third-order valence-corrected chi connectivity index (χ3v) is 10.8. The average Bonchev–Trinajstić information content (AvgIpc) is 2.91. The maximum atomic E-state index is 7.04. The third kappa shape index (κ3) is 2.88. The van der Waals surface area contributed by atoms with Crippen LogP contribution in [-0.2, 0) is 4.43 Å². The Labute approximate surface area is 164 Å². The molecule has 4 aliphatic carbocycles. The first-order chi connectivity index (χ1) is 12.2. The highest BCUT2D eigenvalue weighted by molar-refractivity contribution is 6.69. The van der Waals surface area contributed by atoms with E-state index in [4.69, 9.17) is 4.43 Å². The monoisotopic (exact) mass is 376 g/mol. The van der Waals surface area contributed by atoms with Gasteiger partial charge in [-0.05, 0) is 105 Å². The predicted octanol–water partition coefficient (Wildman–Crippen LogP) is 7.28. The lowest BCUT2D eigenvalue weighted by Gasteiger charge is -2.63. The van der Waals surface area contributed by atoms with Gasteiger partial charge in [-0.1, -0.05) is 40.0 Å². The Kier molecular flexibility index (Phi) is 4.96. The lowest BCUT2D eigenvalue weighted by molar-refractivity contribution is -0.158. The van der Waals surface area contributed by atoms with Crippen LogP contribution in [0.1, 0.15) is 85.0 Å². The molecule has 4 fully saturated rings. The Morgan fingerprint density at radius 1 is 0.923 bits per heavy atom. The van der Waals surface area contributed by atoms with Crippen LogP contribution in [0.5, 0.6) is 0 Å². The first-order valence-electron chi connectivity index (χ1n) is 11.9. The second kappa shape index (κ2) is 6.61. The molecule has 26 heavy (non-hydrogen) atoms. The number of rotatable bonds is 3. The fraction of sp³-hybridized carbons (Fsp3) is 1.00. The van der Waals surface area contributed by atoms with Crippen LogP contribution in [0.4, 0.5) is 0 Å². The molecule has 4 aliphatic rings. The van der Waals surface area contributed by atoms with Gasteiger partial charge in [0.15, 0.2) is 8.32 Å². The van der Waals surface area contributed by atoms with Crippen LogP contribution in [0.2, 0.25) is 19.6 Å². The normalized spacial score (nSPS) is 51.5. The molecule has 8 atom stereocenters. The van der Waals surface area contributed by atoms with E-state index in [1.807, 2.05) is 0 Å². The van der Waals surface area contributed by atoms with Crippen LogP contribution in [0, 0.1) is 40.4 Å². The van der Waals surface area contributed by atoms with Crippen molar-refractivity contribution in [2.24, 2.45) is 40.4 Å². The first-order valence-corrected chi connectivity index (χ1v) is 15.3. The predicted molar refractivity (Wildman–Crippen MR) is 114 cm³/mol. The van der Waals surface area contributed by atoms with Crippen molar-refractivity contribution in [2.45, 2.75) is 111 Å². The topological polar surface area (TPSA) is 9.23 Å². The van der Waals surface area contributed by atoms with Crippen LogP contribution in [-0.4, -0.2) is 14.4 Å². The molecule has 0 saturated heterocycles. The van der Waals surface area contributed by atoms with Gasteiger partial charge in [0.05, 0.1) is 6.10 Å². The minimum atomic E-state index is -1.52. The third-order valence-electron chi connectivity index (χ3n) is 9.83. The Hall–Kier alpha value is 0.177. The molecule has 0 amide bonds. The van der Waals surface area contributed by atoms with Gasteiger partial charge in [-0.3, -0.25) is 0 Å². The lowest BCUT2D eigenvalue weighted by atomic mass is 9.44. The fourth-order valence-electron chi connectivity index (χ4n) is 8.62. The summed E-state index contributed by atoms with van der Waals surface area (Å²) >= 11 is 0. The summed E-state index contributed by atoms with van der Waals surface area (Å²) in [7, 11) is -1.52.